The molecule has 2 nitrogen and oxygen atoms in total. The van der Waals surface area contributed by atoms with Gasteiger partial charge in [0.05, 0.1) is 11.5 Å². The molecule has 0 radical (unpaired) electrons. The number of hydrogen-bond donors (Lipinski definition) is 1. The minimum atomic E-state index is -4.35. The van der Waals surface area contributed by atoms with Crippen molar-refractivity contribution in [3.8, 4) is 0 Å². The first kappa shape index (κ1) is 15.1. The summed E-state index contributed by atoms with van der Waals surface area (Å²) in [4.78, 5) is 12.1. The minimum absolute atomic E-state index is 0.131. The first-order valence-electron chi connectivity index (χ1n) is 6.61. The van der Waals surface area contributed by atoms with Crippen LogP contribution in [0.1, 0.15) is 22.6 Å². The molecule has 0 bridgehead atoms. The van der Waals surface area contributed by atoms with Gasteiger partial charge in [-0.05, 0) is 47.9 Å². The lowest BCUT2D eigenvalue weighted by molar-refractivity contribution is -0.137. The van der Waals surface area contributed by atoms with E-state index in [0.717, 1.165) is 27.9 Å². The van der Waals surface area contributed by atoms with E-state index in [1.54, 1.807) is 0 Å². The number of rotatable bonds is 2. The fourth-order valence-electron chi connectivity index (χ4n) is 2.56. The maximum atomic E-state index is 12.6. The van der Waals surface area contributed by atoms with E-state index in [9.17, 15) is 18.0 Å². The fraction of sp³-hybridized carbons (Fsp3) is 0.188. The summed E-state index contributed by atoms with van der Waals surface area (Å²) in [5, 5.41) is 2.79. The van der Waals surface area contributed by atoms with Gasteiger partial charge < -0.3 is 5.32 Å². The van der Waals surface area contributed by atoms with Gasteiger partial charge in [0.2, 0.25) is 5.91 Å². The van der Waals surface area contributed by atoms with Gasteiger partial charge in [-0.15, -0.1) is 0 Å². The predicted octanol–water partition coefficient (Wildman–Crippen LogP) is 4.75. The second-order valence-electron chi connectivity index (χ2n) is 5.17. The summed E-state index contributed by atoms with van der Waals surface area (Å²) in [5.74, 6) is -0.516. The lowest BCUT2D eigenvalue weighted by Crippen LogP contribution is -2.14. The van der Waals surface area contributed by atoms with Gasteiger partial charge in [-0.2, -0.15) is 13.2 Å². The first-order valence-corrected chi connectivity index (χ1v) is 7.40. The number of nitrogens with one attached hydrogen (secondary N) is 1. The zero-order valence-corrected chi connectivity index (χ0v) is 12.8. The molecule has 3 rings (SSSR count). The molecule has 0 unspecified atom stereocenters. The quantitative estimate of drug-likeness (QED) is 0.813. The number of fused-ring (bicyclic) bond motifs is 1. The molecular formula is C16H11BrF3NO. The Morgan fingerprint density at radius 3 is 2.41 bits per heavy atom. The summed E-state index contributed by atoms with van der Waals surface area (Å²) in [7, 11) is 0. The molecule has 1 amide bonds. The molecule has 22 heavy (non-hydrogen) atoms. The van der Waals surface area contributed by atoms with E-state index in [0.29, 0.717) is 12.0 Å². The van der Waals surface area contributed by atoms with Gasteiger partial charge in [-0.3, -0.25) is 4.79 Å². The smallest absolute Gasteiger partial charge is 0.325 e. The molecule has 0 aliphatic carbocycles. The largest absolute Gasteiger partial charge is 0.416 e. The molecule has 1 aliphatic heterocycles. The molecule has 0 fully saturated rings. The molecule has 0 saturated heterocycles. The number of amides is 1. The van der Waals surface area contributed by atoms with Crippen molar-refractivity contribution in [3.05, 3.63) is 63.6 Å². The van der Waals surface area contributed by atoms with E-state index in [4.69, 9.17) is 0 Å². The Labute approximate surface area is 133 Å². The van der Waals surface area contributed by atoms with Gasteiger partial charge in [0.25, 0.3) is 0 Å². The van der Waals surface area contributed by atoms with Crippen LogP contribution in [-0.2, 0) is 17.4 Å². The molecule has 0 saturated carbocycles. The highest BCUT2D eigenvalue weighted by molar-refractivity contribution is 9.10. The molecular weight excluding hydrogens is 359 g/mol. The topological polar surface area (TPSA) is 29.1 Å². The summed E-state index contributed by atoms with van der Waals surface area (Å²) in [5.41, 5.74) is 1.63. The third-order valence-electron chi connectivity index (χ3n) is 3.68. The zero-order chi connectivity index (χ0) is 15.9. The van der Waals surface area contributed by atoms with Crippen molar-refractivity contribution in [1.82, 2.24) is 0 Å². The van der Waals surface area contributed by atoms with Gasteiger partial charge in [0.15, 0.2) is 0 Å². The maximum Gasteiger partial charge on any atom is 0.416 e. The van der Waals surface area contributed by atoms with Crippen LogP contribution in [0, 0.1) is 0 Å². The summed E-state index contributed by atoms with van der Waals surface area (Å²) in [6.45, 7) is 0. The standard InChI is InChI=1S/C16H11BrF3NO/c17-11-5-6-14-12(8-11)13(15(22)21-14)7-9-1-3-10(4-2-9)16(18,19)20/h1-6,8,13H,7H2,(H,21,22)/t13-/m0/s1. The van der Waals surface area contributed by atoms with Crippen LogP contribution >= 0.6 is 15.9 Å². The molecule has 2 aromatic carbocycles. The molecule has 1 heterocycles. The normalized spacial score (nSPS) is 17.3. The SMILES string of the molecule is O=C1Nc2ccc(Br)cc2[C@@H]1Cc1ccc(C(F)(F)F)cc1. The average Bonchev–Trinajstić information content (AvgIpc) is 2.75. The van der Waals surface area contributed by atoms with E-state index < -0.39 is 11.7 Å². The van der Waals surface area contributed by atoms with Crippen LogP contribution in [-0.4, -0.2) is 5.91 Å². The molecule has 1 N–H and O–H groups in total. The Bertz CT molecular complexity index is 725. The lowest BCUT2D eigenvalue weighted by Gasteiger charge is -2.11. The number of benzene rings is 2. The number of carbonyl (C=O) groups is 1. The second kappa shape index (κ2) is 5.43. The summed E-state index contributed by atoms with van der Waals surface area (Å²) in [6.07, 6.45) is -3.98. The van der Waals surface area contributed by atoms with Crippen molar-refractivity contribution < 1.29 is 18.0 Å². The molecule has 6 heteroatoms. The summed E-state index contributed by atoms with van der Waals surface area (Å²) < 4.78 is 38.5. The predicted molar refractivity (Wildman–Crippen MR) is 80.7 cm³/mol. The monoisotopic (exact) mass is 369 g/mol. The van der Waals surface area contributed by atoms with E-state index in [-0.39, 0.29) is 11.8 Å². The molecule has 1 atom stereocenters. The fourth-order valence-corrected chi connectivity index (χ4v) is 2.94. The van der Waals surface area contributed by atoms with Gasteiger partial charge in [-0.25, -0.2) is 0 Å². The third kappa shape index (κ3) is 2.88. The highest BCUT2D eigenvalue weighted by Gasteiger charge is 2.32. The van der Waals surface area contributed by atoms with Crippen molar-refractivity contribution >= 4 is 27.5 Å². The van der Waals surface area contributed by atoms with Crippen molar-refractivity contribution in [2.75, 3.05) is 5.32 Å². The Kier molecular flexibility index (Phi) is 3.72. The lowest BCUT2D eigenvalue weighted by atomic mass is 9.93. The van der Waals surface area contributed by atoms with Crippen molar-refractivity contribution in [1.29, 1.82) is 0 Å². The van der Waals surface area contributed by atoms with Crippen molar-refractivity contribution in [2.45, 2.75) is 18.5 Å². The van der Waals surface area contributed by atoms with E-state index in [2.05, 4.69) is 21.2 Å². The molecule has 0 aromatic heterocycles. The average molecular weight is 370 g/mol. The van der Waals surface area contributed by atoms with Crippen LogP contribution in [0.3, 0.4) is 0 Å². The molecule has 2 aromatic rings. The van der Waals surface area contributed by atoms with E-state index in [1.807, 2.05) is 18.2 Å². The number of hydrogen-bond acceptors (Lipinski definition) is 1. The Hall–Kier alpha value is -1.82. The van der Waals surface area contributed by atoms with Gasteiger partial charge in [0, 0.05) is 10.2 Å². The van der Waals surface area contributed by atoms with E-state index >= 15 is 0 Å². The van der Waals surface area contributed by atoms with Crippen LogP contribution in [0.25, 0.3) is 0 Å². The number of alkyl halides is 3. The van der Waals surface area contributed by atoms with Crippen LogP contribution in [0.2, 0.25) is 0 Å². The number of halogens is 4. The minimum Gasteiger partial charge on any atom is -0.325 e. The van der Waals surface area contributed by atoms with Crippen molar-refractivity contribution in [2.24, 2.45) is 0 Å². The third-order valence-corrected chi connectivity index (χ3v) is 4.18. The van der Waals surface area contributed by atoms with Gasteiger partial charge >= 0.3 is 6.18 Å². The highest BCUT2D eigenvalue weighted by atomic mass is 79.9. The number of carbonyl (C=O) groups excluding carboxylic acids is 1. The molecule has 0 spiro atoms. The maximum absolute atomic E-state index is 12.6. The Morgan fingerprint density at radius 1 is 1.09 bits per heavy atom. The first-order chi connectivity index (χ1) is 10.3. The molecule has 114 valence electrons. The highest BCUT2D eigenvalue weighted by Crippen LogP contribution is 2.37. The van der Waals surface area contributed by atoms with Crippen LogP contribution < -0.4 is 5.32 Å². The zero-order valence-electron chi connectivity index (χ0n) is 11.2. The van der Waals surface area contributed by atoms with Crippen LogP contribution in [0.5, 0.6) is 0 Å². The van der Waals surface area contributed by atoms with Crippen LogP contribution in [0.4, 0.5) is 18.9 Å². The van der Waals surface area contributed by atoms with E-state index in [1.165, 1.54) is 12.1 Å². The van der Waals surface area contributed by atoms with Crippen LogP contribution in [0.15, 0.2) is 46.9 Å². The summed E-state index contributed by atoms with van der Waals surface area (Å²) in [6, 6.07) is 10.4. The van der Waals surface area contributed by atoms with Crippen molar-refractivity contribution in [3.63, 3.8) is 0 Å². The van der Waals surface area contributed by atoms with Gasteiger partial charge in [-0.1, -0.05) is 28.1 Å². The van der Waals surface area contributed by atoms with Gasteiger partial charge in [0.1, 0.15) is 0 Å². The second-order valence-corrected chi connectivity index (χ2v) is 6.09. The summed E-state index contributed by atoms with van der Waals surface area (Å²) >= 11 is 3.37. The Balaban J connectivity index is 1.85. The molecule has 1 aliphatic rings. The number of anilines is 1. The Morgan fingerprint density at radius 2 is 1.77 bits per heavy atom.